The number of imide groups is 2. The quantitative estimate of drug-likeness (QED) is 0.480. The van der Waals surface area contributed by atoms with Crippen molar-refractivity contribution in [2.45, 2.75) is 51.0 Å². The van der Waals surface area contributed by atoms with E-state index >= 15 is 0 Å². The molecule has 0 radical (unpaired) electrons. The first-order chi connectivity index (χ1) is 22.4. The summed E-state index contributed by atoms with van der Waals surface area (Å²) in [5.74, 6) is -0.286. The van der Waals surface area contributed by atoms with Gasteiger partial charge in [0.15, 0.2) is 0 Å². The first kappa shape index (κ1) is 30.3. The summed E-state index contributed by atoms with van der Waals surface area (Å²) in [7, 11) is 0. The summed E-state index contributed by atoms with van der Waals surface area (Å²) in [4.78, 5) is 77.7. The number of nitrogens with zero attached hydrogens (tertiary/aromatic N) is 6. The molecule has 1 aromatic carbocycles. The van der Waals surface area contributed by atoms with Crippen LogP contribution in [0.5, 0.6) is 0 Å². The lowest BCUT2D eigenvalue weighted by Crippen LogP contribution is -2.54. The van der Waals surface area contributed by atoms with Gasteiger partial charge < -0.3 is 14.7 Å². The molecule has 12 heteroatoms. The number of amides is 5. The highest BCUT2D eigenvalue weighted by Gasteiger charge is 2.44. The fraction of sp³-hybridized carbons (Fsp3) is 0.529. The molecule has 4 fully saturated rings. The number of rotatable bonds is 6. The highest BCUT2D eigenvalue weighted by Crippen LogP contribution is 2.31. The van der Waals surface area contributed by atoms with Crippen molar-refractivity contribution in [1.29, 1.82) is 0 Å². The average Bonchev–Trinajstić information content (AvgIpc) is 3.34. The number of fused-ring (bicyclic) bond motifs is 1. The Balaban J connectivity index is 0.884. The summed E-state index contributed by atoms with van der Waals surface area (Å²) in [5.41, 5.74) is 2.20. The van der Waals surface area contributed by atoms with Crippen LogP contribution in [-0.4, -0.2) is 114 Å². The molecule has 1 aromatic heterocycles. The summed E-state index contributed by atoms with van der Waals surface area (Å²) < 4.78 is 0. The molecule has 0 bridgehead atoms. The molecule has 1 unspecified atom stereocenters. The molecular weight excluding hydrogens is 586 g/mol. The number of anilines is 2. The van der Waals surface area contributed by atoms with Gasteiger partial charge >= 0.3 is 0 Å². The molecule has 1 N–H and O–H groups in total. The molecular formula is C34H41N7O5. The fourth-order valence-corrected chi connectivity index (χ4v) is 7.53. The van der Waals surface area contributed by atoms with Gasteiger partial charge in [0.1, 0.15) is 11.9 Å². The lowest BCUT2D eigenvalue weighted by molar-refractivity contribution is -0.136. The van der Waals surface area contributed by atoms with Crippen LogP contribution in [0.1, 0.15) is 76.0 Å². The molecule has 6 heterocycles. The topological polar surface area (TPSA) is 126 Å². The van der Waals surface area contributed by atoms with Crippen molar-refractivity contribution >= 4 is 41.0 Å². The zero-order chi connectivity index (χ0) is 31.8. The average molecular weight is 628 g/mol. The first-order valence-electron chi connectivity index (χ1n) is 16.7. The number of carbonyl (C=O) groups is 5. The third-order valence-corrected chi connectivity index (χ3v) is 10.3. The van der Waals surface area contributed by atoms with E-state index < -0.39 is 23.8 Å². The lowest BCUT2D eigenvalue weighted by atomic mass is 9.96. The van der Waals surface area contributed by atoms with E-state index in [2.05, 4.69) is 25.0 Å². The van der Waals surface area contributed by atoms with Crippen molar-refractivity contribution < 1.29 is 24.0 Å². The van der Waals surface area contributed by atoms with E-state index in [1.165, 1.54) is 6.42 Å². The number of piperazine rings is 1. The predicted octanol–water partition coefficient (Wildman–Crippen LogP) is 2.15. The standard InChI is InChI=1S/C34H41N7O5/c42-30-9-7-28(31(43)36-30)41-33(45)26-6-5-25(20-27(26)34(41)46)38-18-16-37(17-19-38)22-23-10-14-39(15-11-23)29-8-4-24(21-35-29)32(44)40-12-2-1-3-13-40/h4-6,8,20-21,23,28H,1-3,7,9-19,22H2,(H,36,42,43). The second-order valence-corrected chi connectivity index (χ2v) is 13.2. The number of benzene rings is 1. The third kappa shape index (κ3) is 5.97. The summed E-state index contributed by atoms with van der Waals surface area (Å²) in [6.07, 6.45) is 7.54. The normalized spacial score (nSPS) is 23.2. The van der Waals surface area contributed by atoms with Crippen molar-refractivity contribution in [3.63, 3.8) is 0 Å². The maximum absolute atomic E-state index is 13.2. The van der Waals surface area contributed by atoms with Gasteiger partial charge in [0.2, 0.25) is 11.8 Å². The lowest BCUT2D eigenvalue weighted by Gasteiger charge is -2.40. The van der Waals surface area contributed by atoms with Gasteiger partial charge in [-0.3, -0.25) is 39.1 Å². The summed E-state index contributed by atoms with van der Waals surface area (Å²) >= 11 is 0. The zero-order valence-corrected chi connectivity index (χ0v) is 26.2. The molecule has 0 aliphatic carbocycles. The van der Waals surface area contributed by atoms with Gasteiger partial charge in [-0.05, 0) is 74.8 Å². The van der Waals surface area contributed by atoms with Gasteiger partial charge in [0.05, 0.1) is 16.7 Å². The Hall–Kier alpha value is -4.32. The Labute approximate surface area is 268 Å². The molecule has 5 aliphatic rings. The Morgan fingerprint density at radius 2 is 1.52 bits per heavy atom. The van der Waals surface area contributed by atoms with E-state index in [-0.39, 0.29) is 24.7 Å². The number of carbonyl (C=O) groups excluding carboxylic acids is 5. The monoisotopic (exact) mass is 627 g/mol. The Morgan fingerprint density at radius 3 is 2.22 bits per heavy atom. The van der Waals surface area contributed by atoms with Crippen molar-refractivity contribution in [1.82, 2.24) is 25.0 Å². The number of aromatic nitrogens is 1. The van der Waals surface area contributed by atoms with Gasteiger partial charge in [-0.15, -0.1) is 0 Å². The van der Waals surface area contributed by atoms with Crippen LogP contribution in [-0.2, 0) is 9.59 Å². The Bertz CT molecular complexity index is 1520. The number of likely N-dealkylation sites (tertiary alicyclic amines) is 1. The van der Waals surface area contributed by atoms with Crippen LogP contribution in [0.4, 0.5) is 11.5 Å². The molecule has 4 saturated heterocycles. The molecule has 242 valence electrons. The van der Waals surface area contributed by atoms with E-state index in [1.54, 1.807) is 18.3 Å². The van der Waals surface area contributed by atoms with Gasteiger partial charge in [-0.25, -0.2) is 4.98 Å². The number of hydrogen-bond acceptors (Lipinski definition) is 9. The zero-order valence-electron chi connectivity index (χ0n) is 26.2. The number of pyridine rings is 1. The van der Waals surface area contributed by atoms with Crippen LogP contribution in [0.25, 0.3) is 0 Å². The fourth-order valence-electron chi connectivity index (χ4n) is 7.53. The van der Waals surface area contributed by atoms with Crippen molar-refractivity contribution in [2.24, 2.45) is 5.92 Å². The highest BCUT2D eigenvalue weighted by atomic mass is 16.2. The van der Waals surface area contributed by atoms with E-state index in [0.717, 1.165) is 101 Å². The SMILES string of the molecule is O=C1CCC(N2C(=O)c3ccc(N4CCN(CC5CCN(c6ccc(C(=O)N7CCCCC7)cn6)CC5)CC4)cc3C2=O)C(=O)N1. The van der Waals surface area contributed by atoms with Crippen LogP contribution in [0.2, 0.25) is 0 Å². The molecule has 7 rings (SSSR count). The summed E-state index contributed by atoms with van der Waals surface area (Å²) in [6.45, 7) is 8.12. The molecule has 12 nitrogen and oxygen atoms in total. The number of piperidine rings is 3. The first-order valence-corrected chi connectivity index (χ1v) is 16.7. The number of hydrogen-bond donors (Lipinski definition) is 1. The third-order valence-electron chi connectivity index (χ3n) is 10.3. The predicted molar refractivity (Wildman–Crippen MR) is 171 cm³/mol. The van der Waals surface area contributed by atoms with E-state index in [9.17, 15) is 24.0 Å². The van der Waals surface area contributed by atoms with Crippen LogP contribution in [0.15, 0.2) is 36.5 Å². The minimum atomic E-state index is -0.958. The molecule has 2 aromatic rings. The Morgan fingerprint density at radius 1 is 0.783 bits per heavy atom. The largest absolute Gasteiger partial charge is 0.369 e. The van der Waals surface area contributed by atoms with Crippen molar-refractivity contribution in [3.8, 4) is 0 Å². The molecule has 5 aliphatic heterocycles. The Kier molecular flexibility index (Phi) is 8.46. The van der Waals surface area contributed by atoms with E-state index in [4.69, 9.17) is 0 Å². The molecule has 1 atom stereocenters. The van der Waals surface area contributed by atoms with E-state index in [1.807, 2.05) is 23.1 Å². The maximum atomic E-state index is 13.2. The van der Waals surface area contributed by atoms with Gasteiger partial charge in [-0.2, -0.15) is 0 Å². The highest BCUT2D eigenvalue weighted by molar-refractivity contribution is 6.23. The van der Waals surface area contributed by atoms with Gasteiger partial charge in [0, 0.05) is 77.2 Å². The second-order valence-electron chi connectivity index (χ2n) is 13.2. The van der Waals surface area contributed by atoms with Crippen LogP contribution in [0, 0.1) is 5.92 Å². The van der Waals surface area contributed by atoms with Crippen LogP contribution < -0.4 is 15.1 Å². The smallest absolute Gasteiger partial charge is 0.262 e. The van der Waals surface area contributed by atoms with E-state index in [0.29, 0.717) is 22.6 Å². The number of nitrogens with one attached hydrogen (secondary N) is 1. The maximum Gasteiger partial charge on any atom is 0.262 e. The van der Waals surface area contributed by atoms with Crippen molar-refractivity contribution in [3.05, 3.63) is 53.2 Å². The minimum Gasteiger partial charge on any atom is -0.369 e. The van der Waals surface area contributed by atoms with Crippen LogP contribution >= 0.6 is 0 Å². The molecule has 0 saturated carbocycles. The molecule has 46 heavy (non-hydrogen) atoms. The van der Waals surface area contributed by atoms with Gasteiger partial charge in [0.25, 0.3) is 17.7 Å². The van der Waals surface area contributed by atoms with Gasteiger partial charge in [-0.1, -0.05) is 0 Å². The molecule has 0 spiro atoms. The van der Waals surface area contributed by atoms with Crippen LogP contribution in [0.3, 0.4) is 0 Å². The summed E-state index contributed by atoms with van der Waals surface area (Å²) in [5, 5.41) is 2.24. The summed E-state index contributed by atoms with van der Waals surface area (Å²) in [6, 6.07) is 8.30. The molecule has 5 amide bonds. The van der Waals surface area contributed by atoms with Crippen molar-refractivity contribution in [2.75, 3.05) is 68.7 Å². The minimum absolute atomic E-state index is 0.0914. The second kappa shape index (κ2) is 12.8.